The van der Waals surface area contributed by atoms with Gasteiger partial charge in [0.05, 0.1) is 5.92 Å². The van der Waals surface area contributed by atoms with Gasteiger partial charge in [-0.2, -0.15) is 0 Å². The van der Waals surface area contributed by atoms with Gasteiger partial charge in [0.2, 0.25) is 0 Å². The van der Waals surface area contributed by atoms with E-state index in [9.17, 15) is 19.1 Å². The minimum absolute atomic E-state index is 0.00411. The maximum absolute atomic E-state index is 13.5. The van der Waals surface area contributed by atoms with Crippen molar-refractivity contribution in [2.45, 2.75) is 5.92 Å². The van der Waals surface area contributed by atoms with Gasteiger partial charge in [0.15, 0.2) is 18.2 Å². The molecule has 0 spiro atoms. The lowest BCUT2D eigenvalue weighted by Gasteiger charge is -2.17. The number of hydrogen-bond donors (Lipinski definition) is 1. The molecule has 3 rings (SSSR count). The Morgan fingerprint density at radius 1 is 1.08 bits per heavy atom. The maximum Gasteiger partial charge on any atom is 0.308 e. The molecule has 1 aliphatic rings. The highest BCUT2D eigenvalue weighted by molar-refractivity contribution is 5.80. The largest absolute Gasteiger partial charge is 0.481 e. The van der Waals surface area contributed by atoms with Crippen molar-refractivity contribution < 1.29 is 23.8 Å². The molecule has 130 valence electrons. The Bertz CT molecular complexity index is 765. The van der Waals surface area contributed by atoms with E-state index in [1.165, 1.54) is 23.1 Å². The average molecular weight is 343 g/mol. The molecule has 0 radical (unpaired) electrons. The summed E-state index contributed by atoms with van der Waals surface area (Å²) in [6.07, 6.45) is 0. The fourth-order valence-corrected chi connectivity index (χ4v) is 3.09. The molecule has 0 saturated carbocycles. The van der Waals surface area contributed by atoms with E-state index in [1.807, 2.05) is 30.3 Å². The molecule has 1 amide bonds. The second kappa shape index (κ2) is 7.34. The van der Waals surface area contributed by atoms with E-state index in [0.717, 1.165) is 5.56 Å². The average Bonchev–Trinajstić information content (AvgIpc) is 3.07. The van der Waals surface area contributed by atoms with Gasteiger partial charge in [-0.15, -0.1) is 0 Å². The second-order valence-electron chi connectivity index (χ2n) is 5.98. The van der Waals surface area contributed by atoms with Crippen molar-refractivity contribution in [3.8, 4) is 5.75 Å². The molecule has 25 heavy (non-hydrogen) atoms. The zero-order valence-corrected chi connectivity index (χ0v) is 13.5. The molecule has 1 aliphatic heterocycles. The number of likely N-dealkylation sites (tertiary alicyclic amines) is 1. The van der Waals surface area contributed by atoms with Crippen LogP contribution >= 0.6 is 0 Å². The molecule has 0 aromatic heterocycles. The smallest absolute Gasteiger partial charge is 0.308 e. The summed E-state index contributed by atoms with van der Waals surface area (Å²) in [6, 6.07) is 15.1. The summed E-state index contributed by atoms with van der Waals surface area (Å²) in [5.74, 6) is -2.75. The van der Waals surface area contributed by atoms with Gasteiger partial charge < -0.3 is 14.7 Å². The van der Waals surface area contributed by atoms with Gasteiger partial charge in [0.25, 0.3) is 5.91 Å². The van der Waals surface area contributed by atoms with Crippen LogP contribution < -0.4 is 4.74 Å². The van der Waals surface area contributed by atoms with Crippen LogP contribution in [0.25, 0.3) is 0 Å². The summed E-state index contributed by atoms with van der Waals surface area (Å²) < 4.78 is 18.8. The van der Waals surface area contributed by atoms with Gasteiger partial charge in [0, 0.05) is 19.0 Å². The Labute approximate surface area is 144 Å². The van der Waals surface area contributed by atoms with Crippen LogP contribution in [0.2, 0.25) is 0 Å². The Balaban J connectivity index is 1.67. The molecule has 1 heterocycles. The number of aliphatic carboxylic acids is 1. The Morgan fingerprint density at radius 3 is 2.44 bits per heavy atom. The van der Waals surface area contributed by atoms with Crippen molar-refractivity contribution >= 4 is 11.9 Å². The molecule has 6 heteroatoms. The highest BCUT2D eigenvalue weighted by Gasteiger charge is 2.40. The maximum atomic E-state index is 13.5. The second-order valence-corrected chi connectivity index (χ2v) is 5.98. The quantitative estimate of drug-likeness (QED) is 0.906. The number of carboxylic acids is 1. The lowest BCUT2D eigenvalue weighted by molar-refractivity contribution is -0.142. The molecular weight excluding hydrogens is 325 g/mol. The number of carboxylic acid groups (broad SMARTS) is 1. The van der Waals surface area contributed by atoms with Crippen molar-refractivity contribution in [2.75, 3.05) is 19.7 Å². The van der Waals surface area contributed by atoms with Gasteiger partial charge in [-0.05, 0) is 17.7 Å². The Kier molecular flexibility index (Phi) is 4.97. The number of halogens is 1. The number of para-hydroxylation sites is 1. The summed E-state index contributed by atoms with van der Waals surface area (Å²) in [5, 5.41) is 9.47. The van der Waals surface area contributed by atoms with E-state index in [1.54, 1.807) is 6.07 Å². The summed E-state index contributed by atoms with van der Waals surface area (Å²) in [5.41, 5.74) is 0.889. The third-order valence-electron chi connectivity index (χ3n) is 4.41. The fraction of sp³-hybridized carbons (Fsp3) is 0.263. The predicted octanol–water partition coefficient (Wildman–Crippen LogP) is 2.53. The third kappa shape index (κ3) is 3.79. The molecular formula is C19H18FNO4. The molecule has 2 atom stereocenters. The topological polar surface area (TPSA) is 66.8 Å². The summed E-state index contributed by atoms with van der Waals surface area (Å²) in [4.78, 5) is 25.4. The van der Waals surface area contributed by atoms with Crippen LogP contribution in [0.1, 0.15) is 11.5 Å². The van der Waals surface area contributed by atoms with Gasteiger partial charge in [-0.25, -0.2) is 4.39 Å². The number of rotatable bonds is 5. The van der Waals surface area contributed by atoms with E-state index >= 15 is 0 Å². The lowest BCUT2D eigenvalue weighted by atomic mass is 9.89. The predicted molar refractivity (Wildman–Crippen MR) is 88.8 cm³/mol. The van der Waals surface area contributed by atoms with E-state index < -0.39 is 17.7 Å². The number of amides is 1. The number of benzene rings is 2. The number of ether oxygens (including phenoxy) is 1. The first kappa shape index (κ1) is 17.0. The molecule has 1 saturated heterocycles. The minimum atomic E-state index is -0.931. The SMILES string of the molecule is O=C(O)[C@@H]1CN(C(=O)COc2ccccc2F)C[C@@H]1c1ccccc1. The first-order valence-electron chi connectivity index (χ1n) is 7.99. The molecule has 0 aliphatic carbocycles. The van der Waals surface area contributed by atoms with Crippen LogP contribution in [-0.4, -0.2) is 41.6 Å². The van der Waals surface area contributed by atoms with Crippen LogP contribution in [0.5, 0.6) is 5.75 Å². The Hall–Kier alpha value is -2.89. The number of carbonyl (C=O) groups is 2. The molecule has 0 unspecified atom stereocenters. The first-order chi connectivity index (χ1) is 12.1. The minimum Gasteiger partial charge on any atom is -0.481 e. The highest BCUT2D eigenvalue weighted by Crippen LogP contribution is 2.33. The van der Waals surface area contributed by atoms with E-state index in [-0.39, 0.29) is 30.7 Å². The van der Waals surface area contributed by atoms with Gasteiger partial charge in [0.1, 0.15) is 0 Å². The lowest BCUT2D eigenvalue weighted by Crippen LogP contribution is -2.34. The van der Waals surface area contributed by atoms with Gasteiger partial charge in [-0.3, -0.25) is 9.59 Å². The first-order valence-corrected chi connectivity index (χ1v) is 7.99. The zero-order chi connectivity index (χ0) is 17.8. The highest BCUT2D eigenvalue weighted by atomic mass is 19.1. The molecule has 1 N–H and O–H groups in total. The molecule has 1 fully saturated rings. The molecule has 2 aromatic rings. The van der Waals surface area contributed by atoms with Crippen molar-refractivity contribution in [3.05, 3.63) is 66.0 Å². The van der Waals surface area contributed by atoms with E-state index in [0.29, 0.717) is 6.54 Å². The van der Waals surface area contributed by atoms with Crippen molar-refractivity contribution in [3.63, 3.8) is 0 Å². The van der Waals surface area contributed by atoms with Crippen LogP contribution in [0.4, 0.5) is 4.39 Å². The normalized spacial score (nSPS) is 19.6. The van der Waals surface area contributed by atoms with Crippen LogP contribution in [-0.2, 0) is 9.59 Å². The van der Waals surface area contributed by atoms with Crippen LogP contribution in [0, 0.1) is 11.7 Å². The van der Waals surface area contributed by atoms with Crippen molar-refractivity contribution in [2.24, 2.45) is 5.92 Å². The van der Waals surface area contributed by atoms with Crippen LogP contribution in [0.3, 0.4) is 0 Å². The standard InChI is InChI=1S/C19H18FNO4/c20-16-8-4-5-9-17(16)25-12-18(22)21-10-14(15(11-21)19(23)24)13-6-2-1-3-7-13/h1-9,14-15H,10-12H2,(H,23,24)/t14-,15-/m1/s1. The summed E-state index contributed by atoms with van der Waals surface area (Å²) >= 11 is 0. The van der Waals surface area contributed by atoms with E-state index in [4.69, 9.17) is 4.74 Å². The number of carbonyl (C=O) groups excluding carboxylic acids is 1. The number of nitrogens with zero attached hydrogens (tertiary/aromatic N) is 1. The van der Waals surface area contributed by atoms with Crippen molar-refractivity contribution in [1.29, 1.82) is 0 Å². The molecule has 5 nitrogen and oxygen atoms in total. The van der Waals surface area contributed by atoms with E-state index in [2.05, 4.69) is 0 Å². The molecule has 2 aromatic carbocycles. The van der Waals surface area contributed by atoms with Gasteiger partial charge >= 0.3 is 5.97 Å². The number of hydrogen-bond acceptors (Lipinski definition) is 3. The van der Waals surface area contributed by atoms with Crippen molar-refractivity contribution in [1.82, 2.24) is 4.90 Å². The van der Waals surface area contributed by atoms with Gasteiger partial charge in [-0.1, -0.05) is 42.5 Å². The summed E-state index contributed by atoms with van der Waals surface area (Å²) in [6.45, 7) is 0.101. The fourth-order valence-electron chi connectivity index (χ4n) is 3.09. The monoisotopic (exact) mass is 343 g/mol. The third-order valence-corrected chi connectivity index (χ3v) is 4.41. The summed E-state index contributed by atoms with van der Waals surface area (Å²) in [7, 11) is 0. The molecule has 0 bridgehead atoms. The Morgan fingerprint density at radius 2 is 1.76 bits per heavy atom. The zero-order valence-electron chi connectivity index (χ0n) is 13.5. The van der Waals surface area contributed by atoms with Crippen LogP contribution in [0.15, 0.2) is 54.6 Å².